The average molecular weight is 435 g/mol. The summed E-state index contributed by atoms with van der Waals surface area (Å²) >= 11 is 0. The fourth-order valence-corrected chi connectivity index (χ4v) is 5.06. The first-order chi connectivity index (χ1) is 16.2. The highest BCUT2D eigenvalue weighted by Crippen LogP contribution is 2.44. The predicted molar refractivity (Wildman–Crippen MR) is 126 cm³/mol. The van der Waals surface area contributed by atoms with E-state index in [0.29, 0.717) is 11.8 Å². The molecule has 2 aromatic carbocycles. The molecule has 0 unspecified atom stereocenters. The number of rotatable bonds is 2. The highest BCUT2D eigenvalue weighted by molar-refractivity contribution is 5.83. The van der Waals surface area contributed by atoms with E-state index in [1.165, 1.54) is 5.69 Å². The summed E-state index contributed by atoms with van der Waals surface area (Å²) in [5, 5.41) is 15.2. The van der Waals surface area contributed by atoms with Crippen molar-refractivity contribution < 1.29 is 4.74 Å². The standard InChI is InChI=1S/C26H22N6O/c27-18-29-25(33-21-7-2-1-3-8-21)31-12-10-26(17-31)11-13-32-24(26)15-23(30-32)20-14-19-6-4-5-9-22(19)28-16-20/h1-9,14-16H,10-13,17H2/t26-/m0/s1. The van der Waals surface area contributed by atoms with Gasteiger partial charge >= 0.3 is 6.02 Å². The Morgan fingerprint density at radius 3 is 2.73 bits per heavy atom. The van der Waals surface area contributed by atoms with E-state index in [4.69, 9.17) is 9.84 Å². The zero-order valence-electron chi connectivity index (χ0n) is 18.1. The molecule has 7 heteroatoms. The molecule has 1 saturated heterocycles. The van der Waals surface area contributed by atoms with E-state index in [-0.39, 0.29) is 5.41 Å². The van der Waals surface area contributed by atoms with Gasteiger partial charge in [0.2, 0.25) is 6.19 Å². The van der Waals surface area contributed by atoms with Crippen LogP contribution in [-0.2, 0) is 12.0 Å². The molecule has 0 N–H and O–H groups in total. The van der Waals surface area contributed by atoms with Gasteiger partial charge in [0, 0.05) is 47.9 Å². The SMILES string of the molecule is N#CN=C(Oc1ccccc1)N1CC[C@]2(CCn3nc(-c4cnc5ccccc5c4)cc32)C1. The molecule has 2 aliphatic rings. The number of fused-ring (bicyclic) bond motifs is 3. The van der Waals surface area contributed by atoms with Crippen molar-refractivity contribution in [3.8, 4) is 23.2 Å². The second kappa shape index (κ2) is 7.75. The molecule has 33 heavy (non-hydrogen) atoms. The van der Waals surface area contributed by atoms with Crippen LogP contribution in [0.3, 0.4) is 0 Å². The van der Waals surface area contributed by atoms with Gasteiger partial charge in [0.25, 0.3) is 0 Å². The Morgan fingerprint density at radius 2 is 1.85 bits per heavy atom. The molecule has 2 aromatic heterocycles. The number of aliphatic imine (C=N–C) groups is 1. The number of para-hydroxylation sites is 2. The van der Waals surface area contributed by atoms with Crippen molar-refractivity contribution in [1.29, 1.82) is 5.26 Å². The lowest BCUT2D eigenvalue weighted by Crippen LogP contribution is -2.36. The number of hydrogen-bond acceptors (Lipinski definition) is 5. The molecule has 1 atom stereocenters. The highest BCUT2D eigenvalue weighted by Gasteiger charge is 2.47. The largest absolute Gasteiger partial charge is 0.425 e. The Bertz CT molecular complexity index is 1400. The topological polar surface area (TPSA) is 79.3 Å². The number of amidine groups is 1. The first kappa shape index (κ1) is 19.5. The van der Waals surface area contributed by atoms with Gasteiger partial charge < -0.3 is 9.64 Å². The summed E-state index contributed by atoms with van der Waals surface area (Å²) in [5.74, 6) is 0.676. The number of nitriles is 1. The van der Waals surface area contributed by atoms with Crippen LogP contribution < -0.4 is 4.74 Å². The summed E-state index contributed by atoms with van der Waals surface area (Å²) in [5.41, 5.74) is 4.18. The van der Waals surface area contributed by atoms with Gasteiger partial charge in [0.05, 0.1) is 11.2 Å². The van der Waals surface area contributed by atoms with Crippen LogP contribution in [0, 0.1) is 11.5 Å². The third-order valence-corrected chi connectivity index (χ3v) is 6.73. The predicted octanol–water partition coefficient (Wildman–Crippen LogP) is 4.36. The fraction of sp³-hybridized carbons (Fsp3) is 0.231. The third kappa shape index (κ3) is 3.40. The van der Waals surface area contributed by atoms with E-state index in [9.17, 15) is 5.26 Å². The van der Waals surface area contributed by atoms with Gasteiger partial charge in [-0.15, -0.1) is 4.99 Å². The van der Waals surface area contributed by atoms with Gasteiger partial charge in [-0.1, -0.05) is 36.4 Å². The van der Waals surface area contributed by atoms with Crippen molar-refractivity contribution in [2.24, 2.45) is 4.99 Å². The molecule has 0 amide bonds. The Balaban J connectivity index is 1.28. The molecule has 2 aliphatic heterocycles. The summed E-state index contributed by atoms with van der Waals surface area (Å²) in [4.78, 5) is 10.7. The molecule has 0 radical (unpaired) electrons. The van der Waals surface area contributed by atoms with Crippen LogP contribution in [0.2, 0.25) is 0 Å². The summed E-state index contributed by atoms with van der Waals surface area (Å²) in [6, 6.07) is 22.3. The number of hydrogen-bond donors (Lipinski definition) is 0. The minimum Gasteiger partial charge on any atom is -0.425 e. The number of likely N-dealkylation sites (tertiary alicyclic amines) is 1. The second-order valence-corrected chi connectivity index (χ2v) is 8.67. The highest BCUT2D eigenvalue weighted by atomic mass is 16.5. The maximum Gasteiger partial charge on any atom is 0.308 e. The molecule has 1 spiro atoms. The van der Waals surface area contributed by atoms with E-state index in [0.717, 1.165) is 54.6 Å². The number of pyridine rings is 1. The van der Waals surface area contributed by atoms with E-state index in [1.807, 2.05) is 60.9 Å². The van der Waals surface area contributed by atoms with E-state index in [1.54, 1.807) is 0 Å². The molecule has 0 bridgehead atoms. The number of ether oxygens (including phenoxy) is 1. The van der Waals surface area contributed by atoms with Gasteiger partial charge in [-0.2, -0.15) is 10.4 Å². The molecule has 1 fully saturated rings. The number of benzene rings is 2. The van der Waals surface area contributed by atoms with E-state index in [2.05, 4.69) is 37.8 Å². The van der Waals surface area contributed by atoms with Crippen LogP contribution in [0.5, 0.6) is 5.75 Å². The number of aryl methyl sites for hydroxylation is 1. The average Bonchev–Trinajstić information content (AvgIpc) is 3.56. The van der Waals surface area contributed by atoms with Crippen LogP contribution in [0.15, 0.2) is 77.9 Å². The lowest BCUT2D eigenvalue weighted by Gasteiger charge is -2.24. The minimum absolute atomic E-state index is 0.0220. The lowest BCUT2D eigenvalue weighted by molar-refractivity contribution is 0.361. The normalized spacial score (nSPS) is 19.7. The second-order valence-electron chi connectivity index (χ2n) is 8.67. The van der Waals surface area contributed by atoms with Crippen molar-refractivity contribution in [3.63, 3.8) is 0 Å². The number of nitrogens with zero attached hydrogens (tertiary/aromatic N) is 6. The van der Waals surface area contributed by atoms with Crippen LogP contribution in [0.4, 0.5) is 0 Å². The third-order valence-electron chi connectivity index (χ3n) is 6.73. The van der Waals surface area contributed by atoms with Crippen LogP contribution in [0.1, 0.15) is 18.5 Å². The Kier molecular flexibility index (Phi) is 4.58. The summed E-state index contributed by atoms with van der Waals surface area (Å²) in [6.45, 7) is 2.42. The van der Waals surface area contributed by atoms with E-state index < -0.39 is 0 Å². The quantitative estimate of drug-likeness (QED) is 0.266. The molecule has 4 heterocycles. The van der Waals surface area contributed by atoms with Crippen LogP contribution >= 0.6 is 0 Å². The van der Waals surface area contributed by atoms with Crippen molar-refractivity contribution in [1.82, 2.24) is 19.7 Å². The zero-order chi connectivity index (χ0) is 22.3. The molecule has 6 rings (SSSR count). The Hall–Kier alpha value is -4.18. The van der Waals surface area contributed by atoms with Gasteiger partial charge in [0.15, 0.2) is 0 Å². The summed E-state index contributed by atoms with van der Waals surface area (Å²) in [7, 11) is 0. The molecule has 7 nitrogen and oxygen atoms in total. The molecule has 4 aromatic rings. The van der Waals surface area contributed by atoms with Crippen LogP contribution in [0.25, 0.3) is 22.2 Å². The van der Waals surface area contributed by atoms with Crippen molar-refractivity contribution >= 4 is 16.9 Å². The monoisotopic (exact) mass is 434 g/mol. The van der Waals surface area contributed by atoms with E-state index >= 15 is 0 Å². The molecular formula is C26H22N6O. The summed E-state index contributed by atoms with van der Waals surface area (Å²) in [6.07, 6.45) is 5.79. The smallest absolute Gasteiger partial charge is 0.308 e. The van der Waals surface area contributed by atoms with Crippen molar-refractivity contribution in [2.45, 2.75) is 24.8 Å². The zero-order valence-corrected chi connectivity index (χ0v) is 18.1. The first-order valence-corrected chi connectivity index (χ1v) is 11.1. The molecular weight excluding hydrogens is 412 g/mol. The Labute approximate surface area is 191 Å². The van der Waals surface area contributed by atoms with Gasteiger partial charge in [-0.25, -0.2) is 0 Å². The lowest BCUT2D eigenvalue weighted by atomic mass is 9.82. The van der Waals surface area contributed by atoms with Gasteiger partial charge in [-0.3, -0.25) is 9.67 Å². The van der Waals surface area contributed by atoms with Gasteiger partial charge in [0.1, 0.15) is 5.75 Å². The maximum absolute atomic E-state index is 9.23. The van der Waals surface area contributed by atoms with Crippen molar-refractivity contribution in [3.05, 3.63) is 78.6 Å². The maximum atomic E-state index is 9.23. The first-order valence-electron chi connectivity index (χ1n) is 11.1. The molecule has 0 saturated carbocycles. The van der Waals surface area contributed by atoms with Gasteiger partial charge in [-0.05, 0) is 43.2 Å². The summed E-state index contributed by atoms with van der Waals surface area (Å²) < 4.78 is 8.10. The number of aromatic nitrogens is 3. The fourth-order valence-electron chi connectivity index (χ4n) is 5.06. The molecule has 162 valence electrons. The van der Waals surface area contributed by atoms with Crippen molar-refractivity contribution in [2.75, 3.05) is 13.1 Å². The minimum atomic E-state index is -0.0220. The Morgan fingerprint density at radius 1 is 1.03 bits per heavy atom. The molecule has 0 aliphatic carbocycles. The van der Waals surface area contributed by atoms with Crippen LogP contribution in [-0.4, -0.2) is 38.8 Å².